The van der Waals surface area contributed by atoms with Gasteiger partial charge in [-0.15, -0.1) is 0 Å². The fraction of sp³-hybridized carbons (Fsp3) is 0. The summed E-state index contributed by atoms with van der Waals surface area (Å²) >= 11 is 0. The Morgan fingerprint density at radius 2 is 0.453 bits per heavy atom. The highest BCUT2D eigenvalue weighted by Gasteiger charge is 2.25. The number of hydrogen-bond acceptors (Lipinski definition) is 0. The summed E-state index contributed by atoms with van der Waals surface area (Å²) < 4.78 is 9.90. The molecular weight excluding hydrogens is 1040 g/mol. The Morgan fingerprint density at radius 1 is 0.151 bits per heavy atom. The van der Waals surface area contributed by atoms with E-state index in [1.807, 2.05) is 0 Å². The lowest BCUT2D eigenvalue weighted by atomic mass is 9.87. The Labute approximate surface area is 494 Å². The summed E-state index contributed by atoms with van der Waals surface area (Å²) in [5.41, 5.74) is 18.8. The molecule has 86 heavy (non-hydrogen) atoms. The fourth-order valence-corrected chi connectivity index (χ4v) is 15.0. The second-order valence-electron chi connectivity index (χ2n) is 23.1. The van der Waals surface area contributed by atoms with E-state index in [2.05, 4.69) is 322 Å². The van der Waals surface area contributed by atoms with E-state index in [9.17, 15) is 0 Å². The van der Waals surface area contributed by atoms with Gasteiger partial charge < -0.3 is 18.3 Å². The van der Waals surface area contributed by atoms with E-state index in [4.69, 9.17) is 0 Å². The van der Waals surface area contributed by atoms with Crippen LogP contribution < -0.4 is 0 Å². The molecule has 0 atom stereocenters. The number of para-hydroxylation sites is 10. The van der Waals surface area contributed by atoms with Crippen molar-refractivity contribution in [3.8, 4) is 45.0 Å². The van der Waals surface area contributed by atoms with Crippen molar-refractivity contribution in [2.45, 2.75) is 0 Å². The van der Waals surface area contributed by atoms with Gasteiger partial charge >= 0.3 is 0 Å². The Balaban J connectivity index is 0.996. The highest BCUT2D eigenvalue weighted by atomic mass is 15.0. The smallest absolute Gasteiger partial charge is 0.0619 e. The molecule has 0 saturated carbocycles. The molecule has 0 saturated heterocycles. The van der Waals surface area contributed by atoms with Gasteiger partial charge in [0.15, 0.2) is 0 Å². The average Bonchev–Trinajstić information content (AvgIpc) is 1.63. The predicted molar refractivity (Wildman–Crippen MR) is 365 cm³/mol. The monoisotopic (exact) mass is 1090 g/mol. The van der Waals surface area contributed by atoms with Crippen molar-refractivity contribution < 1.29 is 0 Å². The van der Waals surface area contributed by atoms with Crippen LogP contribution in [0.5, 0.6) is 0 Å². The van der Waals surface area contributed by atoms with Gasteiger partial charge in [0.25, 0.3) is 0 Å². The first-order valence-electron chi connectivity index (χ1n) is 29.7. The molecule has 19 rings (SSSR count). The molecule has 0 amide bonds. The van der Waals surface area contributed by atoms with E-state index >= 15 is 0 Å². The molecule has 0 N–H and O–H groups in total. The summed E-state index contributed by atoms with van der Waals surface area (Å²) in [6.45, 7) is 0. The van der Waals surface area contributed by atoms with Crippen LogP contribution in [0.1, 0.15) is 0 Å². The Hall–Kier alpha value is -11.5. The van der Waals surface area contributed by atoms with Gasteiger partial charge in [0.2, 0.25) is 0 Å². The van der Waals surface area contributed by atoms with Crippen LogP contribution in [0.15, 0.2) is 303 Å². The van der Waals surface area contributed by atoms with Crippen molar-refractivity contribution in [1.82, 2.24) is 18.3 Å². The van der Waals surface area contributed by atoms with Crippen molar-refractivity contribution in [2.75, 3.05) is 0 Å². The molecule has 4 heteroatoms. The number of aromatic nitrogens is 4. The van der Waals surface area contributed by atoms with Crippen LogP contribution in [0.25, 0.3) is 175 Å². The molecule has 0 radical (unpaired) electrons. The SMILES string of the molecule is c1ccc(-n2c3ccccc3c3cc4c(cc32)c(-c2cccc3c5ccccc5n(-c5ccccc5)c23)cc2cc3c(cc(-c5cccc6c7ccccc7n(-c7ccccc7)c56)c5cc6c(cc53)c3ccccc3n6-c3ccccc3)cc24)cc1. The minimum Gasteiger partial charge on any atom is -0.309 e. The van der Waals surface area contributed by atoms with Gasteiger partial charge in [0.1, 0.15) is 0 Å². The molecule has 4 nitrogen and oxygen atoms in total. The molecule has 0 fully saturated rings. The molecule has 15 aromatic carbocycles. The minimum absolute atomic E-state index is 1.14. The maximum Gasteiger partial charge on any atom is 0.0619 e. The number of rotatable bonds is 6. The standard InChI is InChI=1S/C82H50N4/c1-5-23-53(24-6-1)83-75-39-17-15-33-59(75)73-47-69-65-43-52-46-68(64-38-22-36-62-58-32-14-20-42-78(58)86(82(62)64)56-29-11-4-12-30-56)72-50-80-74(60-34-16-18-40-76(60)84(80)54-25-7-2-8-26-54)48-70(72)66(52)44-51(65)45-67(71(69)49-79(73)83)63-37-21-35-61-57-31-13-19-41-77(57)85(81(61)63)55-27-9-3-10-28-55/h1-50H. The van der Waals surface area contributed by atoms with Crippen LogP contribution in [0.3, 0.4) is 0 Å². The average molecular weight is 1090 g/mol. The van der Waals surface area contributed by atoms with E-state index in [0.717, 1.165) is 22.7 Å². The van der Waals surface area contributed by atoms with Gasteiger partial charge in [-0.05, 0) is 176 Å². The summed E-state index contributed by atoms with van der Waals surface area (Å²) in [6, 6.07) is 113. The van der Waals surface area contributed by atoms with E-state index in [1.165, 1.54) is 153 Å². The third-order valence-electron chi connectivity index (χ3n) is 18.6. The Morgan fingerprint density at radius 3 is 0.826 bits per heavy atom. The third-order valence-corrected chi connectivity index (χ3v) is 18.6. The zero-order valence-corrected chi connectivity index (χ0v) is 46.7. The van der Waals surface area contributed by atoms with Crippen molar-refractivity contribution in [1.29, 1.82) is 0 Å². The van der Waals surface area contributed by atoms with E-state index in [-0.39, 0.29) is 0 Å². The first-order chi connectivity index (χ1) is 42.7. The number of hydrogen-bond donors (Lipinski definition) is 0. The second-order valence-corrected chi connectivity index (χ2v) is 23.1. The Bertz CT molecular complexity index is 5670. The molecule has 398 valence electrons. The van der Waals surface area contributed by atoms with Crippen LogP contribution in [-0.2, 0) is 0 Å². The molecule has 0 spiro atoms. The van der Waals surface area contributed by atoms with Crippen LogP contribution in [0, 0.1) is 0 Å². The maximum atomic E-state index is 2.52. The largest absolute Gasteiger partial charge is 0.309 e. The van der Waals surface area contributed by atoms with Crippen molar-refractivity contribution in [3.63, 3.8) is 0 Å². The third kappa shape index (κ3) is 6.64. The zero-order valence-electron chi connectivity index (χ0n) is 46.7. The number of nitrogens with zero attached hydrogens (tertiary/aromatic N) is 4. The molecule has 0 unspecified atom stereocenters. The quantitative estimate of drug-likeness (QED) is 0.117. The van der Waals surface area contributed by atoms with Crippen molar-refractivity contribution >= 4 is 130 Å². The van der Waals surface area contributed by atoms with Gasteiger partial charge in [-0.2, -0.15) is 0 Å². The first-order valence-corrected chi connectivity index (χ1v) is 29.7. The van der Waals surface area contributed by atoms with Gasteiger partial charge in [-0.1, -0.05) is 182 Å². The summed E-state index contributed by atoms with van der Waals surface area (Å²) in [5, 5.41) is 19.5. The lowest BCUT2D eigenvalue weighted by molar-refractivity contribution is 1.18. The molecular formula is C82H50N4. The van der Waals surface area contributed by atoms with E-state index < -0.39 is 0 Å². The highest BCUT2D eigenvalue weighted by molar-refractivity contribution is 6.29. The predicted octanol–water partition coefficient (Wildman–Crippen LogP) is 22.0. The molecule has 0 aliphatic heterocycles. The molecule has 4 aromatic heterocycles. The van der Waals surface area contributed by atoms with Crippen molar-refractivity contribution in [2.24, 2.45) is 0 Å². The highest BCUT2D eigenvalue weighted by Crippen LogP contribution is 2.49. The minimum atomic E-state index is 1.14. The molecule has 19 aromatic rings. The maximum absolute atomic E-state index is 2.52. The van der Waals surface area contributed by atoms with Crippen LogP contribution in [-0.4, -0.2) is 18.3 Å². The van der Waals surface area contributed by atoms with Gasteiger partial charge in [0, 0.05) is 77.0 Å². The lowest BCUT2D eigenvalue weighted by Gasteiger charge is -2.18. The summed E-state index contributed by atoms with van der Waals surface area (Å²) in [6.07, 6.45) is 0. The second kappa shape index (κ2) is 18.0. The Kier molecular flexibility index (Phi) is 9.86. The summed E-state index contributed by atoms with van der Waals surface area (Å²) in [5.74, 6) is 0. The van der Waals surface area contributed by atoms with Gasteiger partial charge in [-0.25, -0.2) is 0 Å². The zero-order chi connectivity index (χ0) is 56.1. The van der Waals surface area contributed by atoms with Crippen LogP contribution >= 0.6 is 0 Å². The van der Waals surface area contributed by atoms with Crippen LogP contribution in [0.4, 0.5) is 0 Å². The lowest BCUT2D eigenvalue weighted by Crippen LogP contribution is -1.97. The fourth-order valence-electron chi connectivity index (χ4n) is 15.0. The molecule has 0 aliphatic carbocycles. The number of fused-ring (bicyclic) bond motifs is 18. The van der Waals surface area contributed by atoms with Gasteiger partial charge in [-0.3, -0.25) is 0 Å². The van der Waals surface area contributed by atoms with Gasteiger partial charge in [0.05, 0.1) is 44.1 Å². The topological polar surface area (TPSA) is 19.7 Å². The normalized spacial score (nSPS) is 12.2. The summed E-state index contributed by atoms with van der Waals surface area (Å²) in [7, 11) is 0. The molecule has 0 bridgehead atoms. The summed E-state index contributed by atoms with van der Waals surface area (Å²) in [4.78, 5) is 0. The number of benzene rings is 15. The van der Waals surface area contributed by atoms with E-state index in [0.29, 0.717) is 0 Å². The molecule has 4 heterocycles. The first kappa shape index (κ1) is 47.1. The van der Waals surface area contributed by atoms with Crippen molar-refractivity contribution in [3.05, 3.63) is 303 Å². The van der Waals surface area contributed by atoms with Crippen LogP contribution in [0.2, 0.25) is 0 Å². The van der Waals surface area contributed by atoms with E-state index in [1.54, 1.807) is 0 Å². The molecule has 0 aliphatic rings.